The summed E-state index contributed by atoms with van der Waals surface area (Å²) < 4.78 is 5.61. The van der Waals surface area contributed by atoms with E-state index in [-0.39, 0.29) is 0 Å². The van der Waals surface area contributed by atoms with Gasteiger partial charge in [0.25, 0.3) is 0 Å². The average Bonchev–Trinajstić information content (AvgIpc) is 2.66. The lowest BCUT2D eigenvalue weighted by atomic mass is 10.1. The summed E-state index contributed by atoms with van der Waals surface area (Å²) in [5, 5.41) is 6.98. The Balaban J connectivity index is 1.88. The van der Waals surface area contributed by atoms with Gasteiger partial charge in [-0.05, 0) is 51.9 Å². The largest absolute Gasteiger partial charge is 0.465 e. The molecule has 1 aliphatic rings. The highest BCUT2D eigenvalue weighted by molar-refractivity contribution is 5.09. The standard InChI is InChI=1S/C12H20N2O/c1-9-3-4-12(15-9)10(2)14-11-5-7-13-8-6-11/h3-4,10-11,13-14H,5-8H2,1-2H3. The van der Waals surface area contributed by atoms with E-state index in [1.165, 1.54) is 12.8 Å². The van der Waals surface area contributed by atoms with Crippen molar-refractivity contribution in [2.24, 2.45) is 0 Å². The van der Waals surface area contributed by atoms with Gasteiger partial charge in [0.05, 0.1) is 6.04 Å². The Morgan fingerprint density at radius 1 is 1.40 bits per heavy atom. The fourth-order valence-corrected chi connectivity index (χ4v) is 2.11. The number of piperidine rings is 1. The van der Waals surface area contributed by atoms with E-state index in [9.17, 15) is 0 Å². The number of aryl methyl sites for hydroxylation is 1. The fraction of sp³-hybridized carbons (Fsp3) is 0.667. The molecule has 1 aromatic rings. The van der Waals surface area contributed by atoms with Gasteiger partial charge >= 0.3 is 0 Å². The van der Waals surface area contributed by atoms with E-state index in [0.717, 1.165) is 24.6 Å². The molecule has 1 aliphatic heterocycles. The molecule has 0 aromatic carbocycles. The Morgan fingerprint density at radius 2 is 2.13 bits per heavy atom. The molecule has 0 aliphatic carbocycles. The van der Waals surface area contributed by atoms with Crippen LogP contribution >= 0.6 is 0 Å². The fourth-order valence-electron chi connectivity index (χ4n) is 2.11. The van der Waals surface area contributed by atoms with Crippen molar-refractivity contribution in [3.05, 3.63) is 23.7 Å². The number of hydrogen-bond donors (Lipinski definition) is 2. The Kier molecular flexibility index (Phi) is 3.44. The second-order valence-electron chi connectivity index (χ2n) is 4.36. The Hall–Kier alpha value is -0.800. The predicted molar refractivity (Wildman–Crippen MR) is 60.9 cm³/mol. The van der Waals surface area contributed by atoms with Gasteiger partial charge in [0.15, 0.2) is 0 Å². The van der Waals surface area contributed by atoms with Crippen LogP contribution in [0.4, 0.5) is 0 Å². The quantitative estimate of drug-likeness (QED) is 0.797. The van der Waals surface area contributed by atoms with Crippen molar-refractivity contribution in [1.29, 1.82) is 0 Å². The third-order valence-corrected chi connectivity index (χ3v) is 3.01. The van der Waals surface area contributed by atoms with Crippen molar-refractivity contribution >= 4 is 0 Å². The van der Waals surface area contributed by atoms with Crippen molar-refractivity contribution < 1.29 is 4.42 Å². The van der Waals surface area contributed by atoms with Crippen LogP contribution in [-0.2, 0) is 0 Å². The second kappa shape index (κ2) is 4.81. The minimum absolute atomic E-state index is 0.321. The lowest BCUT2D eigenvalue weighted by molar-refractivity contribution is 0.329. The highest BCUT2D eigenvalue weighted by atomic mass is 16.3. The lowest BCUT2D eigenvalue weighted by Crippen LogP contribution is -2.40. The zero-order chi connectivity index (χ0) is 10.7. The molecule has 15 heavy (non-hydrogen) atoms. The summed E-state index contributed by atoms with van der Waals surface area (Å²) in [4.78, 5) is 0. The Morgan fingerprint density at radius 3 is 2.73 bits per heavy atom. The summed E-state index contributed by atoms with van der Waals surface area (Å²) in [5.41, 5.74) is 0. The Labute approximate surface area is 91.2 Å². The normalized spacial score (nSPS) is 20.4. The first-order valence-electron chi connectivity index (χ1n) is 5.79. The lowest BCUT2D eigenvalue weighted by Gasteiger charge is -2.26. The second-order valence-corrected chi connectivity index (χ2v) is 4.36. The maximum atomic E-state index is 5.61. The molecule has 0 amide bonds. The van der Waals surface area contributed by atoms with Gasteiger partial charge in [-0.1, -0.05) is 0 Å². The summed E-state index contributed by atoms with van der Waals surface area (Å²) >= 11 is 0. The van der Waals surface area contributed by atoms with E-state index >= 15 is 0 Å². The Bertz CT molecular complexity index is 302. The monoisotopic (exact) mass is 208 g/mol. The van der Waals surface area contributed by atoms with Crippen molar-refractivity contribution in [3.63, 3.8) is 0 Å². The number of furan rings is 1. The summed E-state index contributed by atoms with van der Waals surface area (Å²) in [6.07, 6.45) is 2.42. The molecule has 0 saturated carbocycles. The first-order valence-corrected chi connectivity index (χ1v) is 5.79. The number of nitrogens with one attached hydrogen (secondary N) is 2. The highest BCUT2D eigenvalue weighted by Crippen LogP contribution is 2.17. The van der Waals surface area contributed by atoms with Crippen molar-refractivity contribution in [3.8, 4) is 0 Å². The van der Waals surface area contributed by atoms with E-state index in [2.05, 4.69) is 23.6 Å². The van der Waals surface area contributed by atoms with Crippen molar-refractivity contribution in [2.45, 2.75) is 38.8 Å². The molecule has 2 N–H and O–H groups in total. The summed E-state index contributed by atoms with van der Waals surface area (Å²) in [5.74, 6) is 2.04. The molecule has 3 heteroatoms. The average molecular weight is 208 g/mol. The minimum Gasteiger partial charge on any atom is -0.465 e. The number of hydrogen-bond acceptors (Lipinski definition) is 3. The van der Waals surface area contributed by atoms with Crippen molar-refractivity contribution in [1.82, 2.24) is 10.6 Å². The molecule has 1 saturated heterocycles. The van der Waals surface area contributed by atoms with Crippen LogP contribution in [0.3, 0.4) is 0 Å². The van der Waals surface area contributed by atoms with Crippen LogP contribution in [0.25, 0.3) is 0 Å². The van der Waals surface area contributed by atoms with Crippen LogP contribution in [0.2, 0.25) is 0 Å². The zero-order valence-electron chi connectivity index (χ0n) is 9.55. The first-order chi connectivity index (χ1) is 7.25. The molecule has 1 fully saturated rings. The van der Waals surface area contributed by atoms with Gasteiger partial charge in [0.1, 0.15) is 11.5 Å². The van der Waals surface area contributed by atoms with Gasteiger partial charge in [0.2, 0.25) is 0 Å². The van der Waals surface area contributed by atoms with Gasteiger partial charge < -0.3 is 15.1 Å². The molecule has 1 atom stereocenters. The van der Waals surface area contributed by atoms with E-state index < -0.39 is 0 Å². The van der Waals surface area contributed by atoms with Gasteiger partial charge in [-0.25, -0.2) is 0 Å². The van der Waals surface area contributed by atoms with Crippen LogP contribution in [0.15, 0.2) is 16.5 Å². The van der Waals surface area contributed by atoms with E-state index in [4.69, 9.17) is 4.42 Å². The molecule has 84 valence electrons. The smallest absolute Gasteiger partial charge is 0.120 e. The van der Waals surface area contributed by atoms with Crippen LogP contribution in [-0.4, -0.2) is 19.1 Å². The molecular weight excluding hydrogens is 188 g/mol. The summed E-state index contributed by atoms with van der Waals surface area (Å²) in [6.45, 7) is 6.41. The topological polar surface area (TPSA) is 37.2 Å². The van der Waals surface area contributed by atoms with Crippen LogP contribution in [0, 0.1) is 6.92 Å². The number of rotatable bonds is 3. The summed E-state index contributed by atoms with van der Waals surface area (Å²) in [7, 11) is 0. The maximum absolute atomic E-state index is 5.61. The molecule has 1 unspecified atom stereocenters. The van der Waals surface area contributed by atoms with Gasteiger partial charge in [-0.2, -0.15) is 0 Å². The van der Waals surface area contributed by atoms with Crippen LogP contribution in [0.1, 0.15) is 37.3 Å². The predicted octanol–water partition coefficient (Wildman–Crippen LogP) is 1.99. The zero-order valence-corrected chi connectivity index (χ0v) is 9.55. The van der Waals surface area contributed by atoms with Crippen LogP contribution < -0.4 is 10.6 Å². The summed E-state index contributed by atoms with van der Waals surface area (Å²) in [6, 6.07) is 5.04. The molecule has 0 bridgehead atoms. The molecule has 2 heterocycles. The molecule has 3 nitrogen and oxygen atoms in total. The molecular formula is C12H20N2O. The highest BCUT2D eigenvalue weighted by Gasteiger charge is 2.17. The molecule has 1 aromatic heterocycles. The third-order valence-electron chi connectivity index (χ3n) is 3.01. The maximum Gasteiger partial charge on any atom is 0.120 e. The van der Waals surface area contributed by atoms with E-state index in [1.807, 2.05) is 13.0 Å². The van der Waals surface area contributed by atoms with Gasteiger partial charge in [0, 0.05) is 6.04 Å². The SMILES string of the molecule is Cc1ccc(C(C)NC2CCNCC2)o1. The van der Waals surface area contributed by atoms with Gasteiger partial charge in [-0.15, -0.1) is 0 Å². The molecule has 0 spiro atoms. The third kappa shape index (κ3) is 2.83. The minimum atomic E-state index is 0.321. The van der Waals surface area contributed by atoms with E-state index in [0.29, 0.717) is 12.1 Å². The molecule has 2 rings (SSSR count). The molecule has 0 radical (unpaired) electrons. The van der Waals surface area contributed by atoms with E-state index in [1.54, 1.807) is 0 Å². The van der Waals surface area contributed by atoms with Crippen molar-refractivity contribution in [2.75, 3.05) is 13.1 Å². The van der Waals surface area contributed by atoms with Crippen LogP contribution in [0.5, 0.6) is 0 Å². The first kappa shape index (κ1) is 10.7. The van der Waals surface area contributed by atoms with Gasteiger partial charge in [-0.3, -0.25) is 0 Å².